The van der Waals surface area contributed by atoms with E-state index in [2.05, 4.69) is 92.9 Å². The Bertz CT molecular complexity index is 848. The zero-order chi connectivity index (χ0) is 17.1. The minimum atomic E-state index is 0.281. The molecular weight excluding hydrogens is 372 g/mol. The lowest BCUT2D eigenvalue weighted by Gasteiger charge is -2.32. The second-order valence-electron chi connectivity index (χ2n) is 6.67. The van der Waals surface area contributed by atoms with Crippen molar-refractivity contribution in [2.45, 2.75) is 12.5 Å². The smallest absolute Gasteiger partial charge is 0.0608 e. The van der Waals surface area contributed by atoms with Gasteiger partial charge in [-0.2, -0.15) is 0 Å². The molecule has 0 aliphatic carbocycles. The van der Waals surface area contributed by atoms with Crippen molar-refractivity contribution in [3.8, 4) is 0 Å². The maximum atomic E-state index is 3.66. The van der Waals surface area contributed by atoms with Crippen LogP contribution < -0.4 is 5.32 Å². The molecule has 1 unspecified atom stereocenters. The van der Waals surface area contributed by atoms with Crippen molar-refractivity contribution >= 4 is 26.7 Å². The van der Waals surface area contributed by atoms with E-state index in [4.69, 9.17) is 0 Å². The van der Waals surface area contributed by atoms with Crippen LogP contribution in [0, 0.1) is 0 Å². The van der Waals surface area contributed by atoms with Crippen LogP contribution in [-0.2, 0) is 0 Å². The van der Waals surface area contributed by atoms with Crippen LogP contribution in [0.15, 0.2) is 71.2 Å². The van der Waals surface area contributed by atoms with Crippen molar-refractivity contribution in [3.05, 3.63) is 82.3 Å². The topological polar surface area (TPSA) is 15.3 Å². The largest absolute Gasteiger partial charge is 0.315 e. The minimum absolute atomic E-state index is 0.281. The fourth-order valence-electron chi connectivity index (χ4n) is 3.88. The molecule has 4 rings (SSSR count). The van der Waals surface area contributed by atoms with Gasteiger partial charge in [0.15, 0.2) is 0 Å². The van der Waals surface area contributed by atoms with Crippen molar-refractivity contribution in [2.24, 2.45) is 0 Å². The summed E-state index contributed by atoms with van der Waals surface area (Å²) in [6, 6.07) is 24.5. The zero-order valence-corrected chi connectivity index (χ0v) is 15.9. The molecule has 0 spiro atoms. The van der Waals surface area contributed by atoms with E-state index in [0.29, 0.717) is 0 Å². The molecule has 0 saturated carbocycles. The first-order valence-corrected chi connectivity index (χ1v) is 9.80. The number of benzene rings is 3. The van der Waals surface area contributed by atoms with E-state index in [9.17, 15) is 0 Å². The van der Waals surface area contributed by atoms with E-state index in [0.717, 1.165) is 30.7 Å². The molecule has 1 fully saturated rings. The van der Waals surface area contributed by atoms with Crippen LogP contribution in [0.2, 0.25) is 0 Å². The average molecular weight is 395 g/mol. The van der Waals surface area contributed by atoms with Gasteiger partial charge in [-0.1, -0.05) is 70.5 Å². The molecule has 0 aromatic heterocycles. The second-order valence-corrected chi connectivity index (χ2v) is 7.58. The van der Waals surface area contributed by atoms with E-state index >= 15 is 0 Å². The molecule has 1 aliphatic heterocycles. The summed E-state index contributed by atoms with van der Waals surface area (Å²) in [5, 5.41) is 6.20. The number of nitrogens with zero attached hydrogens (tertiary/aromatic N) is 1. The van der Waals surface area contributed by atoms with Crippen molar-refractivity contribution in [3.63, 3.8) is 0 Å². The fraction of sp³-hybridized carbons (Fsp3) is 0.273. The summed E-state index contributed by atoms with van der Waals surface area (Å²) in [6.07, 6.45) is 1.19. The molecule has 25 heavy (non-hydrogen) atoms. The van der Waals surface area contributed by atoms with Crippen LogP contribution in [0.25, 0.3) is 10.8 Å². The molecule has 0 bridgehead atoms. The highest BCUT2D eigenvalue weighted by atomic mass is 79.9. The molecule has 1 N–H and O–H groups in total. The van der Waals surface area contributed by atoms with Crippen LogP contribution in [0.4, 0.5) is 0 Å². The summed E-state index contributed by atoms with van der Waals surface area (Å²) >= 11 is 3.66. The average Bonchev–Trinajstić information content (AvgIpc) is 2.92. The Morgan fingerprint density at radius 1 is 0.880 bits per heavy atom. The lowest BCUT2D eigenvalue weighted by atomic mass is 9.92. The maximum Gasteiger partial charge on any atom is 0.0608 e. The van der Waals surface area contributed by atoms with Gasteiger partial charge < -0.3 is 5.32 Å². The van der Waals surface area contributed by atoms with Gasteiger partial charge in [0.2, 0.25) is 0 Å². The van der Waals surface area contributed by atoms with E-state index in [-0.39, 0.29) is 6.04 Å². The molecule has 1 atom stereocenters. The summed E-state index contributed by atoms with van der Waals surface area (Å²) in [7, 11) is 0. The summed E-state index contributed by atoms with van der Waals surface area (Å²) in [4.78, 5) is 2.63. The van der Waals surface area contributed by atoms with Crippen LogP contribution in [0.5, 0.6) is 0 Å². The third-order valence-corrected chi connectivity index (χ3v) is 5.52. The Balaban J connectivity index is 1.87. The molecule has 1 saturated heterocycles. The minimum Gasteiger partial charge on any atom is -0.315 e. The lowest BCUT2D eigenvalue weighted by Crippen LogP contribution is -2.33. The predicted octanol–water partition coefficient (Wildman–Crippen LogP) is 4.99. The van der Waals surface area contributed by atoms with Crippen molar-refractivity contribution in [1.29, 1.82) is 0 Å². The highest BCUT2D eigenvalue weighted by molar-refractivity contribution is 9.10. The quantitative estimate of drug-likeness (QED) is 0.673. The van der Waals surface area contributed by atoms with Crippen LogP contribution in [0.1, 0.15) is 23.6 Å². The number of fused-ring (bicyclic) bond motifs is 1. The Kier molecular flexibility index (Phi) is 5.16. The van der Waals surface area contributed by atoms with Gasteiger partial charge in [0.1, 0.15) is 0 Å². The van der Waals surface area contributed by atoms with Crippen molar-refractivity contribution < 1.29 is 0 Å². The van der Waals surface area contributed by atoms with Gasteiger partial charge in [-0.15, -0.1) is 0 Å². The third-order valence-electron chi connectivity index (χ3n) is 5.02. The van der Waals surface area contributed by atoms with Gasteiger partial charge in [-0.25, -0.2) is 0 Å². The van der Waals surface area contributed by atoms with E-state index in [1.54, 1.807) is 0 Å². The molecule has 3 aromatic carbocycles. The Morgan fingerprint density at radius 2 is 1.72 bits per heavy atom. The Labute approximate surface area is 158 Å². The highest BCUT2D eigenvalue weighted by Crippen LogP contribution is 2.34. The van der Waals surface area contributed by atoms with Crippen LogP contribution in [0.3, 0.4) is 0 Å². The molecule has 1 aliphatic rings. The molecule has 0 radical (unpaired) electrons. The van der Waals surface area contributed by atoms with E-state index in [1.165, 1.54) is 28.3 Å². The van der Waals surface area contributed by atoms with Gasteiger partial charge in [0, 0.05) is 24.1 Å². The van der Waals surface area contributed by atoms with Crippen LogP contribution in [-0.4, -0.2) is 31.1 Å². The number of rotatable bonds is 3. The van der Waals surface area contributed by atoms with Crippen LogP contribution >= 0.6 is 15.9 Å². The van der Waals surface area contributed by atoms with Gasteiger partial charge >= 0.3 is 0 Å². The van der Waals surface area contributed by atoms with E-state index in [1.807, 2.05) is 0 Å². The Morgan fingerprint density at radius 3 is 2.64 bits per heavy atom. The monoisotopic (exact) mass is 394 g/mol. The van der Waals surface area contributed by atoms with E-state index < -0.39 is 0 Å². The maximum absolute atomic E-state index is 3.66. The van der Waals surface area contributed by atoms with Gasteiger partial charge in [-0.05, 0) is 47.0 Å². The predicted molar refractivity (Wildman–Crippen MR) is 109 cm³/mol. The molecule has 128 valence electrons. The van der Waals surface area contributed by atoms with Gasteiger partial charge in [-0.3, -0.25) is 4.90 Å². The molecule has 1 heterocycles. The van der Waals surface area contributed by atoms with Gasteiger partial charge in [0.05, 0.1) is 6.04 Å². The number of halogens is 1. The third kappa shape index (κ3) is 3.64. The van der Waals surface area contributed by atoms with Gasteiger partial charge in [0.25, 0.3) is 0 Å². The first-order chi connectivity index (χ1) is 12.3. The summed E-state index contributed by atoms with van der Waals surface area (Å²) < 4.78 is 1.14. The lowest BCUT2D eigenvalue weighted by molar-refractivity contribution is 0.242. The summed E-state index contributed by atoms with van der Waals surface area (Å²) in [5.41, 5.74) is 2.76. The number of nitrogens with one attached hydrogen (secondary N) is 1. The molecule has 3 heteroatoms. The Hall–Kier alpha value is -1.68. The molecule has 3 aromatic rings. The normalized spacial score (nSPS) is 17.3. The first-order valence-electron chi connectivity index (χ1n) is 9.01. The number of hydrogen-bond donors (Lipinski definition) is 1. The molecule has 0 amide bonds. The number of hydrogen-bond acceptors (Lipinski definition) is 2. The molecular formula is C22H23BrN2. The fourth-order valence-corrected chi connectivity index (χ4v) is 4.29. The second kappa shape index (κ2) is 7.69. The molecule has 2 nitrogen and oxygen atoms in total. The summed E-state index contributed by atoms with van der Waals surface area (Å²) in [5.74, 6) is 0. The SMILES string of the molecule is Brc1cccc(C(c2cccc3ccccc23)N2CCCNCC2)c1. The standard InChI is InChI=1S/C22H23BrN2/c23-19-9-3-8-18(16-19)22(25-14-5-12-24-13-15-25)21-11-4-7-17-6-1-2-10-20(17)21/h1-4,6-11,16,22,24H,5,12-15H2. The van der Waals surface area contributed by atoms with Crippen molar-refractivity contribution in [1.82, 2.24) is 10.2 Å². The zero-order valence-electron chi connectivity index (χ0n) is 14.3. The highest BCUT2D eigenvalue weighted by Gasteiger charge is 2.24. The first kappa shape index (κ1) is 16.8. The van der Waals surface area contributed by atoms with Crippen molar-refractivity contribution in [2.75, 3.05) is 26.2 Å². The summed E-state index contributed by atoms with van der Waals surface area (Å²) in [6.45, 7) is 4.35.